The lowest BCUT2D eigenvalue weighted by Gasteiger charge is -2.35. The zero-order valence-electron chi connectivity index (χ0n) is 13.4. The molecule has 2 heterocycles. The van der Waals surface area contributed by atoms with Gasteiger partial charge in [0.25, 0.3) is 0 Å². The second kappa shape index (κ2) is 7.40. The van der Waals surface area contributed by atoms with E-state index in [-0.39, 0.29) is 12.1 Å². The molecule has 1 saturated carbocycles. The van der Waals surface area contributed by atoms with Crippen LogP contribution in [0.2, 0.25) is 5.15 Å². The van der Waals surface area contributed by atoms with Crippen LogP contribution in [0.5, 0.6) is 5.88 Å². The summed E-state index contributed by atoms with van der Waals surface area (Å²) in [4.78, 5) is 21.3. The lowest BCUT2D eigenvalue weighted by Crippen LogP contribution is -2.44. The predicted octanol–water partition coefficient (Wildman–Crippen LogP) is 1.78. The number of rotatable bonds is 5. The van der Waals surface area contributed by atoms with Crippen LogP contribution in [0.25, 0.3) is 0 Å². The van der Waals surface area contributed by atoms with Gasteiger partial charge >= 0.3 is 6.09 Å². The number of aromatic nitrogens is 2. The molecule has 0 radical (unpaired) electrons. The summed E-state index contributed by atoms with van der Waals surface area (Å²) < 4.78 is 11.3. The highest BCUT2D eigenvalue weighted by molar-refractivity contribution is 6.29. The highest BCUT2D eigenvalue weighted by Gasteiger charge is 2.32. The van der Waals surface area contributed by atoms with E-state index in [4.69, 9.17) is 26.2 Å². The lowest BCUT2D eigenvalue weighted by atomic mass is 9.82. The number of anilines is 1. The normalized spacial score (nSPS) is 26.6. The topological polar surface area (TPSA) is 96.8 Å². The molecule has 1 amide bonds. The van der Waals surface area contributed by atoms with Gasteiger partial charge in [-0.25, -0.2) is 9.78 Å². The standard InChI is InChI=1S/C15H21ClN4O4/c1-9-8-23-3-2-20(9)14-18-12(16)6-13(19-14)24-11-4-10(5-11)7-17-15(21)22/h6,9-11,17H,2-5,7-8H2,1H3,(H,21,22)/t9-,10-,11-/m0/s1. The third-order valence-electron chi connectivity index (χ3n) is 4.31. The Balaban J connectivity index is 1.58. The lowest BCUT2D eigenvalue weighted by molar-refractivity contribution is 0.0602. The van der Waals surface area contributed by atoms with Crippen molar-refractivity contribution in [1.29, 1.82) is 0 Å². The van der Waals surface area contributed by atoms with E-state index >= 15 is 0 Å². The fourth-order valence-electron chi connectivity index (χ4n) is 2.94. The van der Waals surface area contributed by atoms with Gasteiger partial charge in [0, 0.05) is 19.2 Å². The van der Waals surface area contributed by atoms with Gasteiger partial charge in [-0.3, -0.25) is 0 Å². The van der Waals surface area contributed by atoms with Crippen molar-refractivity contribution in [2.45, 2.75) is 31.9 Å². The quantitative estimate of drug-likeness (QED) is 0.776. The molecular weight excluding hydrogens is 336 g/mol. The van der Waals surface area contributed by atoms with Gasteiger partial charge in [0.2, 0.25) is 11.8 Å². The van der Waals surface area contributed by atoms with Crippen LogP contribution < -0.4 is 15.0 Å². The number of nitrogens with one attached hydrogen (secondary N) is 1. The van der Waals surface area contributed by atoms with E-state index in [1.165, 1.54) is 0 Å². The first-order valence-corrected chi connectivity index (χ1v) is 8.41. The van der Waals surface area contributed by atoms with E-state index in [2.05, 4.69) is 27.1 Å². The molecule has 9 heteroatoms. The molecule has 1 aromatic heterocycles. The van der Waals surface area contributed by atoms with E-state index in [1.807, 2.05) is 0 Å². The predicted molar refractivity (Wildman–Crippen MR) is 87.8 cm³/mol. The molecule has 1 aliphatic heterocycles. The van der Waals surface area contributed by atoms with Gasteiger partial charge in [0.1, 0.15) is 11.3 Å². The monoisotopic (exact) mass is 356 g/mol. The average molecular weight is 357 g/mol. The fourth-order valence-corrected chi connectivity index (χ4v) is 3.11. The van der Waals surface area contributed by atoms with Crippen molar-refractivity contribution in [1.82, 2.24) is 15.3 Å². The molecule has 0 bridgehead atoms. The molecule has 8 nitrogen and oxygen atoms in total. The summed E-state index contributed by atoms with van der Waals surface area (Å²) in [6.07, 6.45) is 0.633. The smallest absolute Gasteiger partial charge is 0.404 e. The van der Waals surface area contributed by atoms with Crippen molar-refractivity contribution < 1.29 is 19.4 Å². The number of nitrogens with zero attached hydrogens (tertiary/aromatic N) is 3. The van der Waals surface area contributed by atoms with Gasteiger partial charge in [-0.2, -0.15) is 4.98 Å². The van der Waals surface area contributed by atoms with Crippen LogP contribution in [-0.4, -0.2) is 59.6 Å². The Kier molecular flexibility index (Phi) is 5.25. The summed E-state index contributed by atoms with van der Waals surface area (Å²) in [5.41, 5.74) is 0. The Morgan fingerprint density at radius 2 is 2.33 bits per heavy atom. The highest BCUT2D eigenvalue weighted by atomic mass is 35.5. The van der Waals surface area contributed by atoms with Gasteiger partial charge < -0.3 is 24.8 Å². The summed E-state index contributed by atoms with van der Waals surface area (Å²) >= 11 is 6.11. The van der Waals surface area contributed by atoms with Crippen molar-refractivity contribution in [3.63, 3.8) is 0 Å². The maximum atomic E-state index is 10.5. The Labute approximate surface area is 145 Å². The van der Waals surface area contributed by atoms with Crippen molar-refractivity contribution in [2.75, 3.05) is 31.2 Å². The summed E-state index contributed by atoms with van der Waals surface area (Å²) in [5, 5.41) is 11.3. The Bertz CT molecular complexity index is 597. The number of halogens is 1. The molecule has 2 aliphatic rings. The van der Waals surface area contributed by atoms with E-state index in [1.54, 1.807) is 6.07 Å². The van der Waals surface area contributed by atoms with Crippen LogP contribution in [0, 0.1) is 5.92 Å². The van der Waals surface area contributed by atoms with Crippen molar-refractivity contribution in [3.05, 3.63) is 11.2 Å². The van der Waals surface area contributed by atoms with Gasteiger partial charge in [0.15, 0.2) is 0 Å². The minimum atomic E-state index is -0.994. The van der Waals surface area contributed by atoms with E-state index < -0.39 is 6.09 Å². The van der Waals surface area contributed by atoms with Gasteiger partial charge in [-0.1, -0.05) is 11.6 Å². The maximum Gasteiger partial charge on any atom is 0.404 e. The molecule has 1 aliphatic carbocycles. The largest absolute Gasteiger partial charge is 0.474 e. The number of hydrogen-bond acceptors (Lipinski definition) is 6. The number of morpholine rings is 1. The molecule has 0 spiro atoms. The van der Waals surface area contributed by atoms with Crippen LogP contribution in [0.3, 0.4) is 0 Å². The molecule has 1 atom stereocenters. The van der Waals surface area contributed by atoms with Crippen LogP contribution in [0.4, 0.5) is 10.7 Å². The molecule has 3 rings (SSSR count). The maximum absolute atomic E-state index is 10.5. The van der Waals surface area contributed by atoms with Crippen LogP contribution in [0.15, 0.2) is 6.07 Å². The Morgan fingerprint density at radius 1 is 1.54 bits per heavy atom. The summed E-state index contributed by atoms with van der Waals surface area (Å²) in [6, 6.07) is 1.79. The second-order valence-corrected chi connectivity index (χ2v) is 6.60. The van der Waals surface area contributed by atoms with Crippen LogP contribution in [-0.2, 0) is 4.74 Å². The molecule has 132 valence electrons. The number of ether oxygens (including phenoxy) is 2. The number of carboxylic acid groups (broad SMARTS) is 1. The van der Waals surface area contributed by atoms with Gasteiger partial charge in [-0.05, 0) is 25.7 Å². The molecule has 1 saturated heterocycles. The summed E-state index contributed by atoms with van der Waals surface area (Å²) in [6.45, 7) is 4.49. The third kappa shape index (κ3) is 4.18. The summed E-state index contributed by atoms with van der Waals surface area (Å²) in [5.74, 6) is 1.32. The van der Waals surface area contributed by atoms with Crippen molar-refractivity contribution in [2.24, 2.45) is 5.92 Å². The first-order valence-electron chi connectivity index (χ1n) is 8.03. The Morgan fingerprint density at radius 3 is 3.04 bits per heavy atom. The summed E-state index contributed by atoms with van der Waals surface area (Å²) in [7, 11) is 0. The molecule has 2 fully saturated rings. The molecule has 0 unspecified atom stereocenters. The number of carbonyl (C=O) groups is 1. The van der Waals surface area contributed by atoms with Gasteiger partial charge in [-0.15, -0.1) is 0 Å². The highest BCUT2D eigenvalue weighted by Crippen LogP contribution is 2.31. The molecule has 24 heavy (non-hydrogen) atoms. The van der Waals surface area contributed by atoms with Crippen LogP contribution in [0.1, 0.15) is 19.8 Å². The van der Waals surface area contributed by atoms with E-state index in [0.29, 0.717) is 49.2 Å². The average Bonchev–Trinajstić information content (AvgIpc) is 2.49. The van der Waals surface area contributed by atoms with Gasteiger partial charge in [0.05, 0.1) is 19.3 Å². The van der Waals surface area contributed by atoms with Crippen molar-refractivity contribution in [3.8, 4) is 5.88 Å². The minimum absolute atomic E-state index is 0.0338. The zero-order valence-corrected chi connectivity index (χ0v) is 14.2. The molecular formula is C15H21ClN4O4. The fraction of sp³-hybridized carbons (Fsp3) is 0.667. The molecule has 1 aromatic rings. The Hall–Kier alpha value is -1.80. The first kappa shape index (κ1) is 17.0. The van der Waals surface area contributed by atoms with E-state index in [0.717, 1.165) is 12.8 Å². The first-order chi connectivity index (χ1) is 11.5. The molecule has 0 aromatic carbocycles. The van der Waals surface area contributed by atoms with E-state index in [9.17, 15) is 4.79 Å². The minimum Gasteiger partial charge on any atom is -0.474 e. The third-order valence-corrected chi connectivity index (χ3v) is 4.50. The number of amides is 1. The molecule has 2 N–H and O–H groups in total. The number of hydrogen-bond donors (Lipinski definition) is 2. The second-order valence-electron chi connectivity index (χ2n) is 6.21. The SMILES string of the molecule is C[C@H]1COCCN1c1nc(Cl)cc(O[C@H]2C[C@H](CNC(=O)O)C2)n1. The van der Waals surface area contributed by atoms with Crippen molar-refractivity contribution >= 4 is 23.6 Å². The zero-order chi connectivity index (χ0) is 17.1. The van der Waals surface area contributed by atoms with Crippen LogP contribution >= 0.6 is 11.6 Å².